The first-order valence-corrected chi connectivity index (χ1v) is 6.39. The second-order valence-electron chi connectivity index (χ2n) is 4.88. The van der Waals surface area contributed by atoms with E-state index in [2.05, 4.69) is 0 Å². The zero-order valence-electron chi connectivity index (χ0n) is 10.1. The Morgan fingerprint density at radius 3 is 2.94 bits per heavy atom. The lowest BCUT2D eigenvalue weighted by Crippen LogP contribution is -2.34. The largest absolute Gasteiger partial charge is 0.488 e. The van der Waals surface area contributed by atoms with Crippen molar-refractivity contribution in [2.45, 2.75) is 37.9 Å². The second-order valence-corrected chi connectivity index (χ2v) is 4.88. The van der Waals surface area contributed by atoms with Crippen LogP contribution in [0.5, 0.6) is 11.5 Å². The van der Waals surface area contributed by atoms with Crippen molar-refractivity contribution in [1.82, 2.24) is 0 Å². The van der Waals surface area contributed by atoms with Gasteiger partial charge in [0.05, 0.1) is 11.7 Å². The van der Waals surface area contributed by atoms with E-state index >= 15 is 0 Å². The lowest BCUT2D eigenvalue weighted by molar-refractivity contribution is 0.00679. The van der Waals surface area contributed by atoms with E-state index in [0.717, 1.165) is 25.7 Å². The van der Waals surface area contributed by atoms with Crippen LogP contribution < -0.4 is 9.47 Å². The zero-order chi connectivity index (χ0) is 12.5. The lowest BCUT2D eigenvalue weighted by Gasteiger charge is -2.28. The van der Waals surface area contributed by atoms with E-state index < -0.39 is 6.10 Å². The van der Waals surface area contributed by atoms with E-state index in [1.54, 1.807) is 18.2 Å². The summed E-state index contributed by atoms with van der Waals surface area (Å²) in [7, 11) is 0. The smallest absolute Gasteiger partial charge is 0.203 e. The molecule has 1 aromatic rings. The monoisotopic (exact) mass is 248 g/mol. The summed E-state index contributed by atoms with van der Waals surface area (Å²) in [6, 6.07) is 5.24. The fraction of sp³-hybridized carbons (Fsp3) is 0.500. The Balaban J connectivity index is 1.75. The number of carbonyl (C=O) groups is 1. The average Bonchev–Trinajstić information content (AvgIpc) is 2.74. The summed E-state index contributed by atoms with van der Waals surface area (Å²) in [5.74, 6) is 1.26. The van der Waals surface area contributed by atoms with Crippen LogP contribution in [0.2, 0.25) is 0 Å². The maximum Gasteiger partial charge on any atom is 0.203 e. The molecule has 0 spiro atoms. The minimum Gasteiger partial charge on any atom is -0.488 e. The highest BCUT2D eigenvalue weighted by molar-refractivity contribution is 6.02. The van der Waals surface area contributed by atoms with Crippen LogP contribution >= 0.6 is 0 Å². The Labute approximate surface area is 106 Å². The molecule has 1 fully saturated rings. The Morgan fingerprint density at radius 1 is 1.28 bits per heavy atom. The molecule has 0 bridgehead atoms. The molecule has 1 saturated carbocycles. The first kappa shape index (κ1) is 11.5. The molecular formula is C14H16O4. The van der Waals surface area contributed by atoms with Gasteiger partial charge in [-0.1, -0.05) is 6.42 Å². The van der Waals surface area contributed by atoms with Crippen LogP contribution in [0.3, 0.4) is 0 Å². The number of fused-ring (bicyclic) bond motifs is 1. The number of ketones is 1. The average molecular weight is 248 g/mol. The van der Waals surface area contributed by atoms with E-state index in [0.29, 0.717) is 17.1 Å². The van der Waals surface area contributed by atoms with E-state index in [-0.39, 0.29) is 18.5 Å². The first-order chi connectivity index (χ1) is 8.74. The number of Topliss-reactive ketones (excluding diaryl/α,β-unsaturated/α-hetero) is 1. The van der Waals surface area contributed by atoms with E-state index in [4.69, 9.17) is 9.47 Å². The predicted octanol–water partition coefficient (Wildman–Crippen LogP) is 1.94. The molecule has 1 N–H and O–H groups in total. The Hall–Kier alpha value is -1.55. The summed E-state index contributed by atoms with van der Waals surface area (Å²) in [6.07, 6.45) is 3.27. The molecule has 1 aromatic carbocycles. The van der Waals surface area contributed by atoms with Crippen molar-refractivity contribution in [3.63, 3.8) is 0 Å². The summed E-state index contributed by atoms with van der Waals surface area (Å²) < 4.78 is 11.1. The topological polar surface area (TPSA) is 55.8 Å². The Kier molecular flexibility index (Phi) is 2.96. The molecule has 2 atom stereocenters. The van der Waals surface area contributed by atoms with Gasteiger partial charge in [-0.3, -0.25) is 4.79 Å². The first-order valence-electron chi connectivity index (χ1n) is 6.39. The highest BCUT2D eigenvalue weighted by Crippen LogP contribution is 2.31. The molecule has 0 amide bonds. The van der Waals surface area contributed by atoms with Crippen molar-refractivity contribution in [2.75, 3.05) is 6.61 Å². The van der Waals surface area contributed by atoms with Crippen LogP contribution in [0.1, 0.15) is 36.0 Å². The molecule has 1 heterocycles. The normalized spacial score (nSPS) is 26.6. The molecule has 0 saturated heterocycles. The third-order valence-corrected chi connectivity index (χ3v) is 3.57. The summed E-state index contributed by atoms with van der Waals surface area (Å²) in [5.41, 5.74) is 0.617. The van der Waals surface area contributed by atoms with Gasteiger partial charge < -0.3 is 14.6 Å². The molecule has 3 rings (SSSR count). The summed E-state index contributed by atoms with van der Waals surface area (Å²) in [6.45, 7) is 0.116. The van der Waals surface area contributed by atoms with Crippen LogP contribution in [0.15, 0.2) is 18.2 Å². The maximum atomic E-state index is 11.4. The quantitative estimate of drug-likeness (QED) is 0.869. The van der Waals surface area contributed by atoms with Crippen molar-refractivity contribution in [2.24, 2.45) is 0 Å². The highest BCUT2D eigenvalue weighted by Gasteiger charge is 2.26. The molecular weight excluding hydrogens is 232 g/mol. The summed E-state index contributed by atoms with van der Waals surface area (Å²) >= 11 is 0. The van der Waals surface area contributed by atoms with Gasteiger partial charge in [0, 0.05) is 6.07 Å². The molecule has 18 heavy (non-hydrogen) atoms. The van der Waals surface area contributed by atoms with Crippen LogP contribution in [0.4, 0.5) is 0 Å². The lowest BCUT2D eigenvalue weighted by atomic mass is 9.95. The number of carbonyl (C=O) groups excluding carboxylic acids is 1. The van der Waals surface area contributed by atoms with Gasteiger partial charge >= 0.3 is 0 Å². The number of hydrogen-bond donors (Lipinski definition) is 1. The van der Waals surface area contributed by atoms with E-state index in [9.17, 15) is 9.90 Å². The van der Waals surface area contributed by atoms with Crippen molar-refractivity contribution in [3.8, 4) is 11.5 Å². The van der Waals surface area contributed by atoms with Crippen LogP contribution in [-0.2, 0) is 0 Å². The van der Waals surface area contributed by atoms with Crippen molar-refractivity contribution < 1.29 is 19.4 Å². The number of ether oxygens (including phenoxy) is 2. The van der Waals surface area contributed by atoms with Gasteiger partial charge in [-0.2, -0.15) is 0 Å². The van der Waals surface area contributed by atoms with Crippen molar-refractivity contribution in [1.29, 1.82) is 0 Å². The zero-order valence-corrected chi connectivity index (χ0v) is 10.1. The number of hydrogen-bond acceptors (Lipinski definition) is 4. The van der Waals surface area contributed by atoms with Crippen LogP contribution in [-0.4, -0.2) is 29.7 Å². The van der Waals surface area contributed by atoms with Crippen molar-refractivity contribution in [3.05, 3.63) is 23.8 Å². The predicted molar refractivity (Wildman–Crippen MR) is 65.2 cm³/mol. The molecule has 0 aromatic heterocycles. The van der Waals surface area contributed by atoms with Gasteiger partial charge in [-0.25, -0.2) is 0 Å². The van der Waals surface area contributed by atoms with E-state index in [1.807, 2.05) is 0 Å². The molecule has 0 radical (unpaired) electrons. The van der Waals surface area contributed by atoms with Crippen LogP contribution in [0.25, 0.3) is 0 Å². The van der Waals surface area contributed by atoms with Gasteiger partial charge in [-0.15, -0.1) is 0 Å². The molecule has 1 aliphatic heterocycles. The van der Waals surface area contributed by atoms with Crippen molar-refractivity contribution >= 4 is 5.78 Å². The molecule has 4 heteroatoms. The van der Waals surface area contributed by atoms with Crippen LogP contribution in [0, 0.1) is 0 Å². The number of benzene rings is 1. The minimum atomic E-state index is -0.394. The fourth-order valence-electron chi connectivity index (χ4n) is 2.54. The summed E-state index contributed by atoms with van der Waals surface area (Å²) in [4.78, 5) is 11.4. The third-order valence-electron chi connectivity index (χ3n) is 3.57. The minimum absolute atomic E-state index is 0.00857. The second kappa shape index (κ2) is 4.61. The maximum absolute atomic E-state index is 11.4. The van der Waals surface area contributed by atoms with Gasteiger partial charge in [0.2, 0.25) is 5.78 Å². The summed E-state index contributed by atoms with van der Waals surface area (Å²) in [5, 5.41) is 9.86. The fourth-order valence-corrected chi connectivity index (χ4v) is 2.54. The molecule has 96 valence electrons. The van der Waals surface area contributed by atoms with Gasteiger partial charge in [0.1, 0.15) is 17.6 Å². The molecule has 2 unspecified atom stereocenters. The van der Waals surface area contributed by atoms with E-state index in [1.165, 1.54) is 0 Å². The van der Waals surface area contributed by atoms with Gasteiger partial charge in [0.15, 0.2) is 6.61 Å². The number of aliphatic hydroxyl groups is 1. The molecule has 1 aliphatic carbocycles. The van der Waals surface area contributed by atoms with Gasteiger partial charge in [0.25, 0.3) is 0 Å². The Morgan fingerprint density at radius 2 is 2.11 bits per heavy atom. The number of rotatable bonds is 2. The Bertz CT molecular complexity index is 469. The molecule has 4 nitrogen and oxygen atoms in total. The standard InChI is InChI=1S/C14H16O4/c15-11-3-1-2-4-13(11)18-9-5-6-10-12(16)8-17-14(10)7-9/h5-7,11,13,15H,1-4,8H2. The molecule has 2 aliphatic rings. The third kappa shape index (κ3) is 2.08. The SMILES string of the molecule is O=C1COc2cc(OC3CCCCC3O)ccc21. The number of aliphatic hydroxyl groups excluding tert-OH is 1. The highest BCUT2D eigenvalue weighted by atomic mass is 16.5. The van der Waals surface area contributed by atoms with Gasteiger partial charge in [-0.05, 0) is 31.4 Å².